The molecule has 1 aliphatic heterocycles. The van der Waals surface area contributed by atoms with Gasteiger partial charge in [-0.05, 0) is 37.1 Å². The zero-order valence-electron chi connectivity index (χ0n) is 8.77. The van der Waals surface area contributed by atoms with Gasteiger partial charge in [-0.3, -0.25) is 0 Å². The number of hydroxylamine groups is 1. The van der Waals surface area contributed by atoms with E-state index in [-0.39, 0.29) is 6.23 Å². The second-order valence-corrected chi connectivity index (χ2v) is 4.35. The first-order valence-corrected chi connectivity index (χ1v) is 5.75. The number of aryl methyl sites for hydroxylation is 1. The van der Waals surface area contributed by atoms with Crippen LogP contribution in [0.3, 0.4) is 0 Å². The van der Waals surface area contributed by atoms with E-state index >= 15 is 0 Å². The summed E-state index contributed by atoms with van der Waals surface area (Å²) in [7, 11) is 0. The molecule has 1 unspecified atom stereocenters. The number of benzene rings is 1. The van der Waals surface area contributed by atoms with Crippen LogP contribution in [-0.2, 0) is 4.84 Å². The highest BCUT2D eigenvalue weighted by molar-refractivity contribution is 9.10. The third kappa shape index (κ3) is 2.21. The molecule has 0 amide bonds. The summed E-state index contributed by atoms with van der Waals surface area (Å²) in [4.78, 5) is 9.82. The van der Waals surface area contributed by atoms with Crippen LogP contribution in [0.1, 0.15) is 18.9 Å². The van der Waals surface area contributed by atoms with E-state index < -0.39 is 0 Å². The van der Waals surface area contributed by atoms with Crippen molar-refractivity contribution < 1.29 is 4.84 Å². The molecule has 0 bridgehead atoms. The highest BCUT2D eigenvalue weighted by atomic mass is 79.9. The van der Waals surface area contributed by atoms with Gasteiger partial charge in [0.2, 0.25) is 0 Å². The molecule has 2 rings (SSSR count). The van der Waals surface area contributed by atoms with E-state index in [9.17, 15) is 0 Å². The molecule has 4 heteroatoms. The summed E-state index contributed by atoms with van der Waals surface area (Å²) >= 11 is 3.47. The first kappa shape index (κ1) is 10.6. The minimum Gasteiger partial charge on any atom is -0.241 e. The molecular weight excluding hydrogens is 256 g/mol. The summed E-state index contributed by atoms with van der Waals surface area (Å²) in [5.74, 6) is 0. The van der Waals surface area contributed by atoms with E-state index in [0.717, 1.165) is 16.6 Å². The highest BCUT2D eigenvalue weighted by Gasteiger charge is 2.17. The number of aliphatic imine (C=N–C) groups is 1. The fourth-order valence-electron chi connectivity index (χ4n) is 1.39. The number of hydrogen-bond donors (Lipinski definition) is 0. The smallest absolute Gasteiger partial charge is 0.177 e. The Morgan fingerprint density at radius 3 is 2.93 bits per heavy atom. The molecule has 0 N–H and O–H groups in total. The Morgan fingerprint density at radius 2 is 2.33 bits per heavy atom. The Balaban J connectivity index is 2.18. The van der Waals surface area contributed by atoms with Crippen molar-refractivity contribution in [2.75, 3.05) is 5.06 Å². The molecule has 80 valence electrons. The minimum atomic E-state index is -0.0334. The van der Waals surface area contributed by atoms with Crippen molar-refractivity contribution in [3.05, 3.63) is 28.2 Å². The van der Waals surface area contributed by atoms with Crippen molar-refractivity contribution in [1.82, 2.24) is 0 Å². The molecule has 1 atom stereocenters. The predicted octanol–water partition coefficient (Wildman–Crippen LogP) is 3.27. The van der Waals surface area contributed by atoms with E-state index in [4.69, 9.17) is 4.84 Å². The quantitative estimate of drug-likeness (QED) is 0.823. The molecule has 0 aromatic heterocycles. The normalized spacial score (nSPS) is 19.9. The van der Waals surface area contributed by atoms with Crippen LogP contribution >= 0.6 is 15.9 Å². The van der Waals surface area contributed by atoms with Crippen LogP contribution in [0.4, 0.5) is 5.69 Å². The van der Waals surface area contributed by atoms with Gasteiger partial charge in [-0.15, -0.1) is 0 Å². The maximum absolute atomic E-state index is 5.59. The summed E-state index contributed by atoms with van der Waals surface area (Å²) in [6.45, 7) is 4.11. The number of hydrogen-bond acceptors (Lipinski definition) is 3. The SMILES string of the molecule is CCC1N=CN(c2ccc(Br)c(C)c2)O1. The topological polar surface area (TPSA) is 24.8 Å². The van der Waals surface area contributed by atoms with Gasteiger partial charge in [-0.25, -0.2) is 14.9 Å². The predicted molar refractivity (Wildman–Crippen MR) is 65.0 cm³/mol. The molecule has 0 spiro atoms. The second kappa shape index (κ2) is 4.33. The molecule has 0 fully saturated rings. The average molecular weight is 269 g/mol. The lowest BCUT2D eigenvalue weighted by Gasteiger charge is -2.16. The minimum absolute atomic E-state index is 0.0334. The van der Waals surface area contributed by atoms with Crippen LogP contribution in [0.25, 0.3) is 0 Å². The van der Waals surface area contributed by atoms with Crippen LogP contribution in [0.2, 0.25) is 0 Å². The van der Waals surface area contributed by atoms with Gasteiger partial charge >= 0.3 is 0 Å². The molecular formula is C11H13BrN2O. The van der Waals surface area contributed by atoms with Gasteiger partial charge in [-0.2, -0.15) is 0 Å². The number of anilines is 1. The Labute approximate surface area is 97.8 Å². The lowest BCUT2D eigenvalue weighted by atomic mass is 10.2. The summed E-state index contributed by atoms with van der Waals surface area (Å²) < 4.78 is 1.11. The Hall–Kier alpha value is -0.870. The molecule has 3 nitrogen and oxygen atoms in total. The van der Waals surface area contributed by atoms with Crippen LogP contribution in [0.5, 0.6) is 0 Å². The third-order valence-electron chi connectivity index (χ3n) is 2.32. The van der Waals surface area contributed by atoms with Gasteiger partial charge in [-0.1, -0.05) is 22.9 Å². The fourth-order valence-corrected chi connectivity index (χ4v) is 1.64. The van der Waals surface area contributed by atoms with Crippen molar-refractivity contribution >= 4 is 28.0 Å². The first-order valence-electron chi connectivity index (χ1n) is 4.96. The Morgan fingerprint density at radius 1 is 1.53 bits per heavy atom. The number of rotatable bonds is 2. The van der Waals surface area contributed by atoms with Crippen molar-refractivity contribution in [1.29, 1.82) is 0 Å². The van der Waals surface area contributed by atoms with Crippen molar-refractivity contribution in [3.63, 3.8) is 0 Å². The third-order valence-corrected chi connectivity index (χ3v) is 3.21. The Kier molecular flexibility index (Phi) is 3.07. The molecule has 1 aliphatic rings. The van der Waals surface area contributed by atoms with Gasteiger partial charge in [0.15, 0.2) is 6.23 Å². The van der Waals surface area contributed by atoms with E-state index in [2.05, 4.69) is 40.8 Å². The van der Waals surface area contributed by atoms with E-state index in [1.807, 2.05) is 12.1 Å². The Bertz CT molecular complexity index is 392. The van der Waals surface area contributed by atoms with E-state index in [1.54, 1.807) is 11.4 Å². The van der Waals surface area contributed by atoms with Crippen molar-refractivity contribution in [2.24, 2.45) is 4.99 Å². The molecule has 0 aliphatic carbocycles. The van der Waals surface area contributed by atoms with E-state index in [0.29, 0.717) is 0 Å². The monoisotopic (exact) mass is 268 g/mol. The molecule has 1 aromatic rings. The molecule has 1 aromatic carbocycles. The first-order chi connectivity index (χ1) is 7.20. The standard InChI is InChI=1S/C11H13BrN2O/c1-3-11-13-7-14(15-11)9-4-5-10(12)8(2)6-9/h4-7,11H,3H2,1-2H3. The summed E-state index contributed by atoms with van der Waals surface area (Å²) in [5.41, 5.74) is 2.19. The average Bonchev–Trinajstić information content (AvgIpc) is 2.70. The fraction of sp³-hybridized carbons (Fsp3) is 0.364. The number of halogens is 1. The summed E-state index contributed by atoms with van der Waals surface area (Å²) in [5, 5.41) is 1.72. The molecule has 1 heterocycles. The number of nitrogens with zero attached hydrogens (tertiary/aromatic N) is 2. The molecule has 15 heavy (non-hydrogen) atoms. The van der Waals surface area contributed by atoms with Gasteiger partial charge in [0, 0.05) is 4.47 Å². The molecule has 0 radical (unpaired) electrons. The molecule has 0 saturated carbocycles. The molecule has 0 saturated heterocycles. The van der Waals surface area contributed by atoms with Crippen LogP contribution in [-0.4, -0.2) is 12.6 Å². The largest absolute Gasteiger partial charge is 0.241 e. The summed E-state index contributed by atoms with van der Waals surface area (Å²) in [6, 6.07) is 6.08. The highest BCUT2D eigenvalue weighted by Crippen LogP contribution is 2.25. The maximum Gasteiger partial charge on any atom is 0.177 e. The van der Waals surface area contributed by atoms with Crippen LogP contribution in [0, 0.1) is 6.92 Å². The maximum atomic E-state index is 5.59. The van der Waals surface area contributed by atoms with Gasteiger partial charge in [0.25, 0.3) is 0 Å². The lowest BCUT2D eigenvalue weighted by Crippen LogP contribution is -2.19. The zero-order chi connectivity index (χ0) is 10.8. The zero-order valence-corrected chi connectivity index (χ0v) is 10.4. The lowest BCUT2D eigenvalue weighted by molar-refractivity contribution is 0.0847. The van der Waals surface area contributed by atoms with E-state index in [1.165, 1.54) is 5.56 Å². The van der Waals surface area contributed by atoms with Crippen LogP contribution < -0.4 is 5.06 Å². The van der Waals surface area contributed by atoms with Gasteiger partial charge in [0.1, 0.15) is 6.34 Å². The van der Waals surface area contributed by atoms with Crippen LogP contribution in [0.15, 0.2) is 27.7 Å². The van der Waals surface area contributed by atoms with Crippen molar-refractivity contribution in [2.45, 2.75) is 26.5 Å². The van der Waals surface area contributed by atoms with Crippen molar-refractivity contribution in [3.8, 4) is 0 Å². The van der Waals surface area contributed by atoms with Gasteiger partial charge < -0.3 is 0 Å². The van der Waals surface area contributed by atoms with Gasteiger partial charge in [0.05, 0.1) is 5.69 Å². The summed E-state index contributed by atoms with van der Waals surface area (Å²) in [6.07, 6.45) is 2.59. The second-order valence-electron chi connectivity index (χ2n) is 3.49.